The van der Waals surface area contributed by atoms with E-state index in [0.29, 0.717) is 17.9 Å². The highest BCUT2D eigenvalue weighted by Crippen LogP contribution is 2.31. The molecule has 2 heterocycles. The molecule has 2 saturated heterocycles. The molecule has 2 bridgehead atoms. The van der Waals surface area contributed by atoms with Gasteiger partial charge in [-0.05, 0) is 33.6 Å². The van der Waals surface area contributed by atoms with Crippen LogP contribution in [0.25, 0.3) is 0 Å². The van der Waals surface area contributed by atoms with Crippen molar-refractivity contribution >= 4 is 28.3 Å². The van der Waals surface area contributed by atoms with Crippen molar-refractivity contribution in [2.45, 2.75) is 45.7 Å². The summed E-state index contributed by atoms with van der Waals surface area (Å²) in [5.41, 5.74) is 4.03. The molecule has 11 nitrogen and oxygen atoms in total. The highest BCUT2D eigenvalue weighted by Gasteiger charge is 2.49. The van der Waals surface area contributed by atoms with Crippen LogP contribution in [0.15, 0.2) is 0 Å². The standard InChI is InChI=1S/C14H23N3O8S/c1-4-23-12(19)14(2,3)8-24-26(21,22)25-17-9-5-6-10(11(15)18)16(7-9)13(17)20/h9-10H,4-8H2,1-3H3,(H2,15,18). The molecule has 2 atom stereocenters. The summed E-state index contributed by atoms with van der Waals surface area (Å²) < 4.78 is 38.5. The van der Waals surface area contributed by atoms with Gasteiger partial charge in [-0.3, -0.25) is 9.59 Å². The second-order valence-corrected chi connectivity index (χ2v) is 7.96. The van der Waals surface area contributed by atoms with Gasteiger partial charge in [0.15, 0.2) is 0 Å². The molecule has 0 aliphatic carbocycles. The van der Waals surface area contributed by atoms with Crippen molar-refractivity contribution in [3.63, 3.8) is 0 Å². The summed E-state index contributed by atoms with van der Waals surface area (Å²) in [6.07, 6.45) is 0.683. The van der Waals surface area contributed by atoms with Crippen LogP contribution < -0.4 is 5.73 Å². The van der Waals surface area contributed by atoms with Gasteiger partial charge in [0.25, 0.3) is 0 Å². The highest BCUT2D eigenvalue weighted by atomic mass is 32.3. The molecule has 2 N–H and O–H groups in total. The van der Waals surface area contributed by atoms with E-state index in [4.69, 9.17) is 18.9 Å². The topological polar surface area (TPSA) is 146 Å². The first-order valence-electron chi connectivity index (χ1n) is 8.14. The van der Waals surface area contributed by atoms with Gasteiger partial charge in [-0.1, -0.05) is 0 Å². The molecule has 3 amide bonds. The molecule has 0 spiro atoms. The number of amides is 3. The van der Waals surface area contributed by atoms with Gasteiger partial charge in [0.05, 0.1) is 24.7 Å². The number of urea groups is 1. The van der Waals surface area contributed by atoms with Gasteiger partial charge in [0, 0.05) is 6.54 Å². The van der Waals surface area contributed by atoms with Crippen LogP contribution in [0.3, 0.4) is 0 Å². The van der Waals surface area contributed by atoms with Crippen molar-refractivity contribution in [1.82, 2.24) is 9.96 Å². The van der Waals surface area contributed by atoms with E-state index in [0.717, 1.165) is 0 Å². The molecule has 2 aliphatic heterocycles. The van der Waals surface area contributed by atoms with Crippen molar-refractivity contribution < 1.29 is 36.0 Å². The number of carbonyl (C=O) groups excluding carboxylic acids is 3. The number of nitrogens with zero attached hydrogens (tertiary/aromatic N) is 2. The zero-order valence-corrected chi connectivity index (χ0v) is 15.7. The minimum absolute atomic E-state index is 0.135. The minimum atomic E-state index is -4.60. The van der Waals surface area contributed by atoms with Crippen LogP contribution in [0.2, 0.25) is 0 Å². The van der Waals surface area contributed by atoms with Gasteiger partial charge < -0.3 is 15.4 Å². The molecule has 2 fully saturated rings. The predicted octanol–water partition coefficient (Wildman–Crippen LogP) is -0.477. The summed E-state index contributed by atoms with van der Waals surface area (Å²) in [5, 5.41) is 0.676. The summed E-state index contributed by atoms with van der Waals surface area (Å²) in [4.78, 5) is 36.6. The minimum Gasteiger partial charge on any atom is -0.466 e. The smallest absolute Gasteiger partial charge is 0.421 e. The Morgan fingerprint density at radius 1 is 1.31 bits per heavy atom. The first-order valence-corrected chi connectivity index (χ1v) is 9.47. The molecule has 148 valence electrons. The first kappa shape index (κ1) is 20.4. The fraction of sp³-hybridized carbons (Fsp3) is 0.786. The highest BCUT2D eigenvalue weighted by molar-refractivity contribution is 7.81. The van der Waals surface area contributed by atoms with Gasteiger partial charge in [0.1, 0.15) is 6.04 Å². The molecule has 2 rings (SSSR count). The third-order valence-corrected chi connectivity index (χ3v) is 4.96. The fourth-order valence-corrected chi connectivity index (χ4v) is 3.61. The Kier molecular flexibility index (Phi) is 5.78. The number of rotatable bonds is 8. The zero-order chi connectivity index (χ0) is 19.7. The van der Waals surface area contributed by atoms with Crippen LogP contribution in [0.4, 0.5) is 4.79 Å². The summed E-state index contributed by atoms with van der Waals surface area (Å²) >= 11 is 0. The maximum Gasteiger partial charge on any atom is 0.421 e. The van der Waals surface area contributed by atoms with Crippen molar-refractivity contribution in [3.8, 4) is 0 Å². The second kappa shape index (κ2) is 7.37. The summed E-state index contributed by atoms with van der Waals surface area (Å²) in [7, 11) is -4.60. The molecular weight excluding hydrogens is 370 g/mol. The number of primary amides is 1. The van der Waals surface area contributed by atoms with Crippen molar-refractivity contribution in [2.75, 3.05) is 19.8 Å². The van der Waals surface area contributed by atoms with Crippen LogP contribution >= 0.6 is 0 Å². The summed E-state index contributed by atoms with van der Waals surface area (Å²) in [6, 6.07) is -2.10. The SMILES string of the molecule is CCOC(=O)C(C)(C)COS(=O)(=O)ON1C(=O)N2CC1CCC2C(N)=O. The van der Waals surface area contributed by atoms with E-state index in [1.165, 1.54) is 18.7 Å². The molecule has 26 heavy (non-hydrogen) atoms. The number of fused-ring (bicyclic) bond motifs is 2. The van der Waals surface area contributed by atoms with Crippen LogP contribution in [0.5, 0.6) is 0 Å². The van der Waals surface area contributed by atoms with Gasteiger partial charge >= 0.3 is 22.4 Å². The number of ether oxygens (including phenoxy) is 1. The Hall–Kier alpha value is -1.92. The van der Waals surface area contributed by atoms with E-state index in [1.54, 1.807) is 6.92 Å². The third-order valence-electron chi connectivity index (χ3n) is 4.22. The fourth-order valence-electron chi connectivity index (χ4n) is 2.75. The third kappa shape index (κ3) is 4.24. The molecule has 0 aromatic carbocycles. The monoisotopic (exact) mass is 393 g/mol. The van der Waals surface area contributed by atoms with Gasteiger partial charge in [0.2, 0.25) is 5.91 Å². The van der Waals surface area contributed by atoms with E-state index in [9.17, 15) is 22.8 Å². The van der Waals surface area contributed by atoms with E-state index in [-0.39, 0.29) is 13.2 Å². The van der Waals surface area contributed by atoms with E-state index < -0.39 is 52.4 Å². The largest absolute Gasteiger partial charge is 0.466 e. The number of nitrogens with two attached hydrogens (primary N) is 1. The maximum atomic E-state index is 12.3. The number of hydrogen-bond donors (Lipinski definition) is 1. The van der Waals surface area contributed by atoms with Crippen molar-refractivity contribution in [2.24, 2.45) is 11.1 Å². The quantitative estimate of drug-likeness (QED) is 0.544. The van der Waals surface area contributed by atoms with Gasteiger partial charge in [-0.25, -0.2) is 8.98 Å². The van der Waals surface area contributed by atoms with E-state index in [1.807, 2.05) is 0 Å². The summed E-state index contributed by atoms with van der Waals surface area (Å²) in [6.45, 7) is 4.30. The Bertz CT molecular complexity index is 692. The van der Waals surface area contributed by atoms with Crippen LogP contribution in [0.1, 0.15) is 33.6 Å². The van der Waals surface area contributed by atoms with Crippen molar-refractivity contribution in [1.29, 1.82) is 0 Å². The average molecular weight is 393 g/mol. The molecule has 0 aromatic heterocycles. The molecule has 0 saturated carbocycles. The van der Waals surface area contributed by atoms with Crippen molar-refractivity contribution in [3.05, 3.63) is 0 Å². The second-order valence-electron chi connectivity index (χ2n) is 6.76. The molecule has 2 aliphatic rings. The Morgan fingerprint density at radius 3 is 2.54 bits per heavy atom. The molecule has 12 heteroatoms. The number of hydroxylamine groups is 2. The maximum absolute atomic E-state index is 12.3. The first-order chi connectivity index (χ1) is 12.0. The van der Waals surface area contributed by atoms with Crippen LogP contribution in [-0.2, 0) is 33.2 Å². The normalized spacial score (nSPS) is 23.3. The number of esters is 1. The lowest BCUT2D eigenvalue weighted by atomic mass is 9.95. The van der Waals surface area contributed by atoms with Gasteiger partial charge in [-0.2, -0.15) is 13.5 Å². The number of carbonyl (C=O) groups is 3. The van der Waals surface area contributed by atoms with Crippen LogP contribution in [0, 0.1) is 5.41 Å². The average Bonchev–Trinajstić information content (AvgIpc) is 2.78. The Morgan fingerprint density at radius 2 is 1.96 bits per heavy atom. The van der Waals surface area contributed by atoms with Gasteiger partial charge in [-0.15, -0.1) is 4.28 Å². The molecular formula is C14H23N3O8S. The van der Waals surface area contributed by atoms with E-state index >= 15 is 0 Å². The number of piperidine rings is 1. The van der Waals surface area contributed by atoms with E-state index in [2.05, 4.69) is 0 Å². The van der Waals surface area contributed by atoms with Crippen LogP contribution in [-0.4, -0.2) is 68.1 Å². The molecule has 0 radical (unpaired) electrons. The number of hydrogen-bond acceptors (Lipinski definition) is 8. The lowest BCUT2D eigenvalue weighted by Gasteiger charge is -2.27. The zero-order valence-electron chi connectivity index (χ0n) is 14.8. The lowest BCUT2D eigenvalue weighted by Crippen LogP contribution is -2.47. The predicted molar refractivity (Wildman–Crippen MR) is 86.3 cm³/mol. The lowest BCUT2D eigenvalue weighted by molar-refractivity contribution is -0.155. The molecule has 2 unspecified atom stereocenters. The summed E-state index contributed by atoms with van der Waals surface area (Å²) in [5.74, 6) is -1.28. The molecule has 0 aromatic rings. The Labute approximate surface area is 151 Å². The Balaban J connectivity index is 2.00.